The van der Waals surface area contributed by atoms with E-state index in [4.69, 9.17) is 0 Å². The summed E-state index contributed by atoms with van der Waals surface area (Å²) < 4.78 is 0. The van der Waals surface area contributed by atoms with Gasteiger partial charge in [-0.2, -0.15) is 0 Å². The first-order chi connectivity index (χ1) is 11.1. The Labute approximate surface area is 140 Å². The molecule has 3 rings (SSSR count). The number of piperazine rings is 1. The van der Waals surface area contributed by atoms with Crippen LogP contribution in [0.25, 0.3) is 0 Å². The van der Waals surface area contributed by atoms with Crippen LogP contribution in [0.1, 0.15) is 38.7 Å². The van der Waals surface area contributed by atoms with Crippen molar-refractivity contribution < 1.29 is 4.79 Å². The lowest BCUT2D eigenvalue weighted by atomic mass is 9.83. The third-order valence-corrected chi connectivity index (χ3v) is 5.33. The summed E-state index contributed by atoms with van der Waals surface area (Å²) in [5.41, 5.74) is 0.649. The van der Waals surface area contributed by atoms with Crippen LogP contribution in [0.5, 0.6) is 0 Å². The van der Waals surface area contributed by atoms with E-state index in [1.54, 1.807) is 0 Å². The highest BCUT2D eigenvalue weighted by atomic mass is 16.2. The summed E-state index contributed by atoms with van der Waals surface area (Å²) >= 11 is 0. The number of allylic oxidation sites excluding steroid dienone is 1. The second-order valence-electron chi connectivity index (χ2n) is 7.25. The second kappa shape index (κ2) is 6.88. The van der Waals surface area contributed by atoms with Crippen molar-refractivity contribution in [1.29, 1.82) is 0 Å². The van der Waals surface area contributed by atoms with Crippen LogP contribution in [-0.4, -0.2) is 47.9 Å². The van der Waals surface area contributed by atoms with Gasteiger partial charge in [0.2, 0.25) is 5.91 Å². The van der Waals surface area contributed by atoms with Crippen LogP contribution in [0.4, 0.5) is 0 Å². The zero-order valence-corrected chi connectivity index (χ0v) is 14.4. The van der Waals surface area contributed by atoms with E-state index in [-0.39, 0.29) is 5.91 Å². The lowest BCUT2D eigenvalue weighted by Gasteiger charge is -2.41. The molecule has 3 heteroatoms. The molecule has 0 bridgehead atoms. The first kappa shape index (κ1) is 16.3. The van der Waals surface area contributed by atoms with Gasteiger partial charge in [-0.25, -0.2) is 0 Å². The molecule has 1 aliphatic heterocycles. The Hall–Kier alpha value is -1.61. The average molecular weight is 312 g/mol. The molecule has 1 aromatic rings. The van der Waals surface area contributed by atoms with E-state index in [1.807, 2.05) is 32.0 Å². The minimum absolute atomic E-state index is 0.252. The van der Waals surface area contributed by atoms with Gasteiger partial charge in [-0.3, -0.25) is 9.69 Å². The van der Waals surface area contributed by atoms with E-state index >= 15 is 0 Å². The smallest absolute Gasteiger partial charge is 0.232 e. The molecule has 1 aromatic carbocycles. The molecule has 0 saturated carbocycles. The molecule has 0 N–H and O–H groups in total. The van der Waals surface area contributed by atoms with E-state index in [0.29, 0.717) is 6.04 Å². The molecule has 1 unspecified atom stereocenters. The van der Waals surface area contributed by atoms with Crippen LogP contribution in [0, 0.1) is 0 Å². The minimum Gasteiger partial charge on any atom is -0.339 e. The molecule has 1 saturated heterocycles. The zero-order valence-electron chi connectivity index (χ0n) is 14.4. The van der Waals surface area contributed by atoms with Crippen molar-refractivity contribution in [3.05, 3.63) is 48.0 Å². The van der Waals surface area contributed by atoms with Crippen LogP contribution in [-0.2, 0) is 10.2 Å². The van der Waals surface area contributed by atoms with Crippen LogP contribution in [0.3, 0.4) is 0 Å². The highest BCUT2D eigenvalue weighted by molar-refractivity contribution is 5.87. The summed E-state index contributed by atoms with van der Waals surface area (Å²) in [6, 6.07) is 10.7. The molecule has 0 spiro atoms. The molecule has 1 fully saturated rings. The maximum absolute atomic E-state index is 13.0. The van der Waals surface area contributed by atoms with Crippen molar-refractivity contribution in [2.24, 2.45) is 0 Å². The number of hydrogen-bond donors (Lipinski definition) is 0. The molecule has 0 radical (unpaired) electrons. The molecule has 1 heterocycles. The van der Waals surface area contributed by atoms with Crippen LogP contribution in [0.2, 0.25) is 0 Å². The van der Waals surface area contributed by atoms with Crippen LogP contribution in [0.15, 0.2) is 42.5 Å². The summed E-state index contributed by atoms with van der Waals surface area (Å²) in [5.74, 6) is 0.252. The van der Waals surface area contributed by atoms with Crippen molar-refractivity contribution in [3.8, 4) is 0 Å². The monoisotopic (exact) mass is 312 g/mol. The Morgan fingerprint density at radius 1 is 1.09 bits per heavy atom. The minimum atomic E-state index is -0.450. The standard InChI is InChI=1S/C20H28N2O/c1-20(2,17-9-5-3-6-10-17)19(23)22-15-13-21(14-16-22)18-11-7-4-8-12-18/h3,5-7,9-11,18H,4,8,12-16H2,1-2H3. The second-order valence-corrected chi connectivity index (χ2v) is 7.25. The summed E-state index contributed by atoms with van der Waals surface area (Å²) in [4.78, 5) is 17.6. The molecule has 1 amide bonds. The third kappa shape index (κ3) is 3.50. The average Bonchev–Trinajstić information content (AvgIpc) is 2.63. The molecular formula is C20H28N2O. The van der Waals surface area contributed by atoms with E-state index in [9.17, 15) is 4.79 Å². The van der Waals surface area contributed by atoms with Gasteiger partial charge < -0.3 is 4.90 Å². The molecule has 3 nitrogen and oxygen atoms in total. The predicted molar refractivity (Wildman–Crippen MR) is 94.4 cm³/mol. The van der Waals surface area contributed by atoms with Crippen molar-refractivity contribution in [2.75, 3.05) is 26.2 Å². The largest absolute Gasteiger partial charge is 0.339 e. The number of carbonyl (C=O) groups is 1. The van der Waals surface area contributed by atoms with Crippen molar-refractivity contribution in [3.63, 3.8) is 0 Å². The van der Waals surface area contributed by atoms with Gasteiger partial charge in [0.25, 0.3) is 0 Å². The Balaban J connectivity index is 1.62. The van der Waals surface area contributed by atoms with Crippen LogP contribution >= 0.6 is 0 Å². The molecule has 23 heavy (non-hydrogen) atoms. The van der Waals surface area contributed by atoms with Gasteiger partial charge in [0.1, 0.15) is 0 Å². The Bertz CT molecular complexity index is 556. The van der Waals surface area contributed by atoms with Gasteiger partial charge in [-0.1, -0.05) is 42.5 Å². The van der Waals surface area contributed by atoms with Gasteiger partial charge in [0, 0.05) is 32.2 Å². The van der Waals surface area contributed by atoms with Crippen molar-refractivity contribution in [1.82, 2.24) is 9.80 Å². The zero-order chi connectivity index (χ0) is 16.3. The molecular weight excluding hydrogens is 284 g/mol. The Morgan fingerprint density at radius 2 is 1.78 bits per heavy atom. The fourth-order valence-corrected chi connectivity index (χ4v) is 3.73. The number of hydrogen-bond acceptors (Lipinski definition) is 2. The van der Waals surface area contributed by atoms with E-state index in [1.165, 1.54) is 19.3 Å². The van der Waals surface area contributed by atoms with E-state index < -0.39 is 5.41 Å². The first-order valence-corrected chi connectivity index (χ1v) is 8.84. The maximum Gasteiger partial charge on any atom is 0.232 e. The van der Waals surface area contributed by atoms with Gasteiger partial charge in [-0.05, 0) is 38.7 Å². The summed E-state index contributed by atoms with van der Waals surface area (Å²) in [5, 5.41) is 0. The van der Waals surface area contributed by atoms with Gasteiger partial charge in [-0.15, -0.1) is 0 Å². The number of amides is 1. The quantitative estimate of drug-likeness (QED) is 0.800. The predicted octanol–water partition coefficient (Wildman–Crippen LogP) is 3.22. The molecule has 2 aliphatic rings. The van der Waals surface area contributed by atoms with E-state index in [2.05, 4.69) is 34.1 Å². The fourth-order valence-electron chi connectivity index (χ4n) is 3.73. The first-order valence-electron chi connectivity index (χ1n) is 8.84. The number of carbonyl (C=O) groups excluding carboxylic acids is 1. The van der Waals surface area contributed by atoms with Gasteiger partial charge in [0.15, 0.2) is 0 Å². The normalized spacial score (nSPS) is 23.0. The number of benzene rings is 1. The Kier molecular flexibility index (Phi) is 4.86. The summed E-state index contributed by atoms with van der Waals surface area (Å²) in [6.45, 7) is 7.76. The summed E-state index contributed by atoms with van der Waals surface area (Å²) in [7, 11) is 0. The SMILES string of the molecule is CC(C)(C(=O)N1CCN(C2C=CCCC2)CC1)c1ccccc1. The van der Waals surface area contributed by atoms with Crippen molar-refractivity contribution >= 4 is 5.91 Å². The number of rotatable bonds is 3. The van der Waals surface area contributed by atoms with Gasteiger partial charge >= 0.3 is 0 Å². The lowest BCUT2D eigenvalue weighted by Crippen LogP contribution is -2.55. The molecule has 0 aromatic heterocycles. The maximum atomic E-state index is 13.0. The molecule has 124 valence electrons. The molecule has 1 atom stereocenters. The number of nitrogens with zero attached hydrogens (tertiary/aromatic N) is 2. The topological polar surface area (TPSA) is 23.6 Å². The highest BCUT2D eigenvalue weighted by Gasteiger charge is 2.35. The third-order valence-electron chi connectivity index (χ3n) is 5.33. The van der Waals surface area contributed by atoms with Gasteiger partial charge in [0.05, 0.1) is 5.41 Å². The Morgan fingerprint density at radius 3 is 2.39 bits per heavy atom. The fraction of sp³-hybridized carbons (Fsp3) is 0.550. The van der Waals surface area contributed by atoms with E-state index in [0.717, 1.165) is 31.7 Å². The molecule has 1 aliphatic carbocycles. The lowest BCUT2D eigenvalue weighted by molar-refractivity contribution is -0.138. The van der Waals surface area contributed by atoms with Crippen molar-refractivity contribution in [2.45, 2.75) is 44.6 Å². The summed E-state index contributed by atoms with van der Waals surface area (Å²) in [6.07, 6.45) is 8.45. The van der Waals surface area contributed by atoms with Crippen LogP contribution < -0.4 is 0 Å². The highest BCUT2D eigenvalue weighted by Crippen LogP contribution is 2.27.